The minimum atomic E-state index is -0.241. The molecule has 0 saturated carbocycles. The largest absolute Gasteiger partial charge is 0.369 e. The van der Waals surface area contributed by atoms with Gasteiger partial charge in [-0.25, -0.2) is 0 Å². The molecule has 0 aromatic heterocycles. The van der Waals surface area contributed by atoms with Gasteiger partial charge in [-0.1, -0.05) is 19.1 Å². The summed E-state index contributed by atoms with van der Waals surface area (Å²) in [4.78, 5) is 16.1. The highest BCUT2D eigenvalue weighted by molar-refractivity contribution is 5.82. The number of hydrogen-bond acceptors (Lipinski definition) is 3. The van der Waals surface area contributed by atoms with Gasteiger partial charge in [0, 0.05) is 31.9 Å². The predicted molar refractivity (Wildman–Crippen MR) is 78.4 cm³/mol. The zero-order valence-corrected chi connectivity index (χ0v) is 11.8. The number of hydrogen-bond donors (Lipinski definition) is 1. The number of amides is 1. The second-order valence-electron chi connectivity index (χ2n) is 5.25. The summed E-state index contributed by atoms with van der Waals surface area (Å²) >= 11 is 0. The van der Waals surface area contributed by atoms with Gasteiger partial charge in [-0.2, -0.15) is 0 Å². The summed E-state index contributed by atoms with van der Waals surface area (Å²) in [7, 11) is 2.15. The Morgan fingerprint density at radius 2 is 1.79 bits per heavy atom. The Kier molecular flexibility index (Phi) is 4.43. The minimum Gasteiger partial charge on any atom is -0.369 e. The van der Waals surface area contributed by atoms with E-state index in [0.29, 0.717) is 0 Å². The standard InChI is InChI=1S/C15H23N3O/c1-3-14(15(16)19)12-4-6-13(7-5-12)18-10-8-17(2)9-11-18/h4-7,14H,3,8-11H2,1-2H3,(H2,16,19). The molecule has 1 atom stereocenters. The van der Waals surface area contributed by atoms with Crippen molar-refractivity contribution >= 4 is 11.6 Å². The van der Waals surface area contributed by atoms with Gasteiger partial charge in [0.2, 0.25) is 5.91 Å². The highest BCUT2D eigenvalue weighted by Gasteiger charge is 2.17. The molecule has 1 aromatic rings. The van der Waals surface area contributed by atoms with Crippen LogP contribution < -0.4 is 10.6 Å². The summed E-state index contributed by atoms with van der Waals surface area (Å²) in [5.74, 6) is -0.406. The number of benzene rings is 1. The molecule has 1 unspecified atom stereocenters. The summed E-state index contributed by atoms with van der Waals surface area (Å²) in [6.07, 6.45) is 0.753. The maximum Gasteiger partial charge on any atom is 0.224 e. The molecule has 0 radical (unpaired) electrons. The number of anilines is 1. The fraction of sp³-hybridized carbons (Fsp3) is 0.533. The highest BCUT2D eigenvalue weighted by atomic mass is 16.1. The molecule has 1 aliphatic heterocycles. The van der Waals surface area contributed by atoms with Crippen molar-refractivity contribution in [3.05, 3.63) is 29.8 Å². The van der Waals surface area contributed by atoms with Crippen molar-refractivity contribution in [2.45, 2.75) is 19.3 Å². The van der Waals surface area contributed by atoms with Crippen LogP contribution in [0.5, 0.6) is 0 Å². The normalized spacial score (nSPS) is 18.3. The van der Waals surface area contributed by atoms with Gasteiger partial charge in [0.25, 0.3) is 0 Å². The van der Waals surface area contributed by atoms with Crippen LogP contribution in [0.2, 0.25) is 0 Å². The molecule has 1 aromatic carbocycles. The summed E-state index contributed by atoms with van der Waals surface area (Å²) in [6.45, 7) is 6.30. The Labute approximate surface area is 115 Å². The zero-order chi connectivity index (χ0) is 13.8. The van der Waals surface area contributed by atoms with E-state index in [2.05, 4.69) is 29.0 Å². The van der Waals surface area contributed by atoms with Crippen molar-refractivity contribution in [2.24, 2.45) is 5.73 Å². The fourth-order valence-corrected chi connectivity index (χ4v) is 2.58. The van der Waals surface area contributed by atoms with E-state index in [0.717, 1.165) is 38.2 Å². The molecule has 4 heteroatoms. The molecule has 1 aliphatic rings. The molecular weight excluding hydrogens is 238 g/mol. The van der Waals surface area contributed by atoms with Crippen LogP contribution in [0, 0.1) is 0 Å². The topological polar surface area (TPSA) is 49.6 Å². The lowest BCUT2D eigenvalue weighted by Crippen LogP contribution is -2.44. The van der Waals surface area contributed by atoms with Gasteiger partial charge >= 0.3 is 0 Å². The van der Waals surface area contributed by atoms with Crippen LogP contribution in [0.25, 0.3) is 0 Å². The smallest absolute Gasteiger partial charge is 0.224 e. The molecule has 0 bridgehead atoms. The monoisotopic (exact) mass is 261 g/mol. The van der Waals surface area contributed by atoms with Gasteiger partial charge in [0.05, 0.1) is 5.92 Å². The van der Waals surface area contributed by atoms with E-state index in [4.69, 9.17) is 5.73 Å². The molecule has 1 amide bonds. The van der Waals surface area contributed by atoms with Crippen molar-refractivity contribution < 1.29 is 4.79 Å². The molecule has 4 nitrogen and oxygen atoms in total. The number of likely N-dealkylation sites (N-methyl/N-ethyl adjacent to an activating group) is 1. The average molecular weight is 261 g/mol. The number of rotatable bonds is 4. The number of nitrogens with zero attached hydrogens (tertiary/aromatic N) is 2. The van der Waals surface area contributed by atoms with E-state index in [9.17, 15) is 4.79 Å². The van der Waals surface area contributed by atoms with E-state index >= 15 is 0 Å². The molecule has 2 rings (SSSR count). The Morgan fingerprint density at radius 3 is 2.26 bits per heavy atom. The molecule has 104 valence electrons. The summed E-state index contributed by atoms with van der Waals surface area (Å²) in [5.41, 5.74) is 7.67. The summed E-state index contributed by atoms with van der Waals surface area (Å²) < 4.78 is 0. The maximum atomic E-state index is 11.4. The van der Waals surface area contributed by atoms with Gasteiger partial charge in [-0.15, -0.1) is 0 Å². The molecular formula is C15H23N3O. The second kappa shape index (κ2) is 6.06. The van der Waals surface area contributed by atoms with Gasteiger partial charge in [-0.3, -0.25) is 4.79 Å². The number of piperazine rings is 1. The Morgan fingerprint density at radius 1 is 1.21 bits per heavy atom. The van der Waals surface area contributed by atoms with Gasteiger partial charge in [0.1, 0.15) is 0 Å². The van der Waals surface area contributed by atoms with E-state index in [1.54, 1.807) is 0 Å². The van der Waals surface area contributed by atoms with E-state index in [-0.39, 0.29) is 11.8 Å². The quantitative estimate of drug-likeness (QED) is 0.891. The van der Waals surface area contributed by atoms with Crippen LogP contribution in [-0.4, -0.2) is 44.0 Å². The fourth-order valence-electron chi connectivity index (χ4n) is 2.58. The number of nitrogens with two attached hydrogens (primary N) is 1. The van der Waals surface area contributed by atoms with Crippen molar-refractivity contribution in [3.63, 3.8) is 0 Å². The lowest BCUT2D eigenvalue weighted by Gasteiger charge is -2.34. The SMILES string of the molecule is CCC(C(N)=O)c1ccc(N2CCN(C)CC2)cc1. The van der Waals surface area contributed by atoms with Crippen LogP contribution in [0.4, 0.5) is 5.69 Å². The molecule has 19 heavy (non-hydrogen) atoms. The van der Waals surface area contributed by atoms with Crippen LogP contribution >= 0.6 is 0 Å². The first-order valence-electron chi connectivity index (χ1n) is 6.94. The number of carbonyl (C=O) groups is 1. The third-order valence-corrected chi connectivity index (χ3v) is 3.92. The first-order chi connectivity index (χ1) is 9.11. The Bertz CT molecular complexity index is 422. The van der Waals surface area contributed by atoms with E-state index < -0.39 is 0 Å². The second-order valence-corrected chi connectivity index (χ2v) is 5.25. The molecule has 0 spiro atoms. The predicted octanol–water partition coefficient (Wildman–Crippen LogP) is 1.42. The number of primary amides is 1. The van der Waals surface area contributed by atoms with Crippen LogP contribution in [-0.2, 0) is 4.79 Å². The van der Waals surface area contributed by atoms with Gasteiger partial charge in [0.15, 0.2) is 0 Å². The molecule has 1 saturated heterocycles. The van der Waals surface area contributed by atoms with Crippen molar-refractivity contribution in [2.75, 3.05) is 38.1 Å². The molecule has 0 aliphatic carbocycles. The van der Waals surface area contributed by atoms with Crippen molar-refractivity contribution in [1.29, 1.82) is 0 Å². The molecule has 2 N–H and O–H groups in total. The lowest BCUT2D eigenvalue weighted by atomic mass is 9.95. The summed E-state index contributed by atoms with van der Waals surface area (Å²) in [5, 5.41) is 0. The van der Waals surface area contributed by atoms with E-state index in [1.165, 1.54) is 5.69 Å². The van der Waals surface area contributed by atoms with Crippen LogP contribution in [0.3, 0.4) is 0 Å². The van der Waals surface area contributed by atoms with Gasteiger partial charge in [-0.05, 0) is 31.2 Å². The highest BCUT2D eigenvalue weighted by Crippen LogP contribution is 2.23. The van der Waals surface area contributed by atoms with Crippen molar-refractivity contribution in [3.8, 4) is 0 Å². The van der Waals surface area contributed by atoms with Gasteiger partial charge < -0.3 is 15.5 Å². The minimum absolute atomic E-state index is 0.165. The Balaban J connectivity index is 2.08. The molecule has 1 heterocycles. The summed E-state index contributed by atoms with van der Waals surface area (Å²) in [6, 6.07) is 8.28. The lowest BCUT2D eigenvalue weighted by molar-refractivity contribution is -0.119. The average Bonchev–Trinajstić information content (AvgIpc) is 2.41. The maximum absolute atomic E-state index is 11.4. The third kappa shape index (κ3) is 3.26. The van der Waals surface area contributed by atoms with E-state index in [1.807, 2.05) is 19.1 Å². The zero-order valence-electron chi connectivity index (χ0n) is 11.8. The number of carbonyl (C=O) groups excluding carboxylic acids is 1. The molecule has 1 fully saturated rings. The Hall–Kier alpha value is -1.55. The van der Waals surface area contributed by atoms with Crippen LogP contribution in [0.1, 0.15) is 24.8 Å². The third-order valence-electron chi connectivity index (χ3n) is 3.92. The van der Waals surface area contributed by atoms with Crippen LogP contribution in [0.15, 0.2) is 24.3 Å². The first-order valence-corrected chi connectivity index (χ1v) is 6.94. The first kappa shape index (κ1) is 13.9. The van der Waals surface area contributed by atoms with Crippen molar-refractivity contribution in [1.82, 2.24) is 4.90 Å².